The molecule has 1 atom stereocenters. The highest BCUT2D eigenvalue weighted by Gasteiger charge is 2.28. The Bertz CT molecular complexity index is 415. The quantitative estimate of drug-likeness (QED) is 0.920. The lowest BCUT2D eigenvalue weighted by Gasteiger charge is -2.29. The number of aliphatic hydroxyl groups is 1. The van der Waals surface area contributed by atoms with Crippen LogP contribution in [-0.2, 0) is 13.0 Å². The molecule has 0 aromatic carbocycles. The third-order valence-corrected chi connectivity index (χ3v) is 5.61. The number of aryl methyl sites for hydroxylation is 1. The van der Waals surface area contributed by atoms with Gasteiger partial charge in [0.25, 0.3) is 0 Å². The summed E-state index contributed by atoms with van der Waals surface area (Å²) in [5, 5.41) is 10.5. The molecule has 1 saturated heterocycles. The van der Waals surface area contributed by atoms with Gasteiger partial charge in [-0.3, -0.25) is 0 Å². The van der Waals surface area contributed by atoms with Gasteiger partial charge in [-0.05, 0) is 37.0 Å². The Balaban J connectivity index is 2.08. The first-order valence-electron chi connectivity index (χ1n) is 7.80. The number of hydrogen-bond donors (Lipinski definition) is 1. The summed E-state index contributed by atoms with van der Waals surface area (Å²) < 4.78 is 0. The molecule has 0 bridgehead atoms. The summed E-state index contributed by atoms with van der Waals surface area (Å²) in [7, 11) is 0. The summed E-state index contributed by atoms with van der Waals surface area (Å²) in [5.41, 5.74) is 1.48. The van der Waals surface area contributed by atoms with Gasteiger partial charge in [-0.15, -0.1) is 0 Å². The smallest absolute Gasteiger partial charge is 0.185 e. The van der Waals surface area contributed by atoms with E-state index in [2.05, 4.69) is 32.6 Å². The monoisotopic (exact) mass is 296 g/mol. The third kappa shape index (κ3) is 3.53. The SMILES string of the molecule is CCc1nc(N2CCCC(C(C)(C)C)CC2)sc1CO. The molecule has 0 amide bonds. The van der Waals surface area contributed by atoms with E-state index < -0.39 is 0 Å². The van der Waals surface area contributed by atoms with Crippen molar-refractivity contribution in [3.8, 4) is 0 Å². The number of hydrogen-bond acceptors (Lipinski definition) is 4. The van der Waals surface area contributed by atoms with E-state index in [0.29, 0.717) is 5.41 Å². The number of nitrogens with zero attached hydrogens (tertiary/aromatic N) is 2. The predicted octanol–water partition coefficient (Wildman–Crippen LogP) is 3.85. The first-order chi connectivity index (χ1) is 9.45. The fraction of sp³-hybridized carbons (Fsp3) is 0.812. The van der Waals surface area contributed by atoms with E-state index in [1.165, 1.54) is 19.3 Å². The highest BCUT2D eigenvalue weighted by atomic mass is 32.1. The molecule has 1 aromatic heterocycles. The van der Waals surface area contributed by atoms with Crippen LogP contribution in [0.4, 0.5) is 5.13 Å². The zero-order valence-corrected chi connectivity index (χ0v) is 14.1. The van der Waals surface area contributed by atoms with Gasteiger partial charge in [-0.2, -0.15) is 0 Å². The summed E-state index contributed by atoms with van der Waals surface area (Å²) in [6, 6.07) is 0. The number of thiazole rings is 1. The lowest BCUT2D eigenvalue weighted by atomic mass is 9.77. The van der Waals surface area contributed by atoms with Gasteiger partial charge in [0.05, 0.1) is 17.2 Å². The van der Waals surface area contributed by atoms with Crippen molar-refractivity contribution in [2.75, 3.05) is 18.0 Å². The zero-order chi connectivity index (χ0) is 14.8. The molecule has 0 spiro atoms. The molecule has 1 unspecified atom stereocenters. The highest BCUT2D eigenvalue weighted by Crippen LogP contribution is 2.36. The van der Waals surface area contributed by atoms with E-state index in [9.17, 15) is 5.11 Å². The molecule has 1 aliphatic rings. The van der Waals surface area contributed by atoms with Crippen molar-refractivity contribution < 1.29 is 5.11 Å². The number of rotatable bonds is 3. The van der Waals surface area contributed by atoms with Crippen molar-refractivity contribution in [2.24, 2.45) is 11.3 Å². The van der Waals surface area contributed by atoms with Crippen LogP contribution < -0.4 is 4.90 Å². The summed E-state index contributed by atoms with van der Waals surface area (Å²) in [6.45, 7) is 11.5. The van der Waals surface area contributed by atoms with Crippen LogP contribution in [0.2, 0.25) is 0 Å². The van der Waals surface area contributed by atoms with Gasteiger partial charge in [0.2, 0.25) is 0 Å². The molecule has 0 saturated carbocycles. The Morgan fingerprint density at radius 1 is 1.30 bits per heavy atom. The Hall–Kier alpha value is -0.610. The highest BCUT2D eigenvalue weighted by molar-refractivity contribution is 7.15. The molecule has 2 rings (SSSR count). The minimum absolute atomic E-state index is 0.124. The van der Waals surface area contributed by atoms with E-state index in [1.54, 1.807) is 11.3 Å². The van der Waals surface area contributed by atoms with E-state index in [0.717, 1.165) is 41.1 Å². The molecule has 0 radical (unpaired) electrons. The van der Waals surface area contributed by atoms with Gasteiger partial charge in [-0.1, -0.05) is 39.0 Å². The molecule has 0 aliphatic carbocycles. The Kier molecular flexibility index (Phi) is 5.08. The molecule has 3 nitrogen and oxygen atoms in total. The van der Waals surface area contributed by atoms with E-state index in [1.807, 2.05) is 0 Å². The van der Waals surface area contributed by atoms with Crippen molar-refractivity contribution in [3.05, 3.63) is 10.6 Å². The zero-order valence-electron chi connectivity index (χ0n) is 13.3. The number of aromatic nitrogens is 1. The standard InChI is InChI=1S/C16H28N2OS/c1-5-13-14(11-19)20-15(17-13)18-9-6-7-12(8-10-18)16(2,3)4/h12,19H,5-11H2,1-4H3. The molecule has 114 valence electrons. The lowest BCUT2D eigenvalue weighted by molar-refractivity contribution is 0.220. The van der Waals surface area contributed by atoms with Crippen LogP contribution >= 0.6 is 11.3 Å². The summed E-state index contributed by atoms with van der Waals surface area (Å²) in [6.07, 6.45) is 4.72. The van der Waals surface area contributed by atoms with Gasteiger partial charge in [-0.25, -0.2) is 4.98 Å². The van der Waals surface area contributed by atoms with Crippen molar-refractivity contribution in [3.63, 3.8) is 0 Å². The topological polar surface area (TPSA) is 36.4 Å². The average molecular weight is 296 g/mol. The van der Waals surface area contributed by atoms with Gasteiger partial charge < -0.3 is 10.0 Å². The maximum atomic E-state index is 9.42. The van der Waals surface area contributed by atoms with Crippen LogP contribution in [0, 0.1) is 11.3 Å². The molecule has 1 aliphatic heterocycles. The Labute approximate surface area is 127 Å². The van der Waals surface area contributed by atoms with Crippen LogP contribution in [0.25, 0.3) is 0 Å². The van der Waals surface area contributed by atoms with E-state index in [4.69, 9.17) is 4.98 Å². The minimum atomic E-state index is 0.124. The van der Waals surface area contributed by atoms with Crippen LogP contribution in [0.1, 0.15) is 57.5 Å². The predicted molar refractivity (Wildman–Crippen MR) is 86.4 cm³/mol. The Morgan fingerprint density at radius 2 is 2.05 bits per heavy atom. The van der Waals surface area contributed by atoms with Crippen LogP contribution in [0.5, 0.6) is 0 Å². The molecule has 1 aromatic rings. The van der Waals surface area contributed by atoms with E-state index in [-0.39, 0.29) is 6.61 Å². The van der Waals surface area contributed by atoms with Crippen LogP contribution in [0.15, 0.2) is 0 Å². The second-order valence-corrected chi connectivity index (χ2v) is 7.92. The van der Waals surface area contributed by atoms with Gasteiger partial charge in [0, 0.05) is 13.1 Å². The van der Waals surface area contributed by atoms with Crippen molar-refractivity contribution in [1.29, 1.82) is 0 Å². The molecule has 20 heavy (non-hydrogen) atoms. The Morgan fingerprint density at radius 3 is 2.60 bits per heavy atom. The second-order valence-electron chi connectivity index (χ2n) is 6.86. The van der Waals surface area contributed by atoms with Crippen LogP contribution in [0.3, 0.4) is 0 Å². The minimum Gasteiger partial charge on any atom is -0.391 e. The molecule has 2 heterocycles. The maximum Gasteiger partial charge on any atom is 0.185 e. The normalized spacial score (nSPS) is 21.1. The largest absolute Gasteiger partial charge is 0.391 e. The number of anilines is 1. The molecule has 1 fully saturated rings. The summed E-state index contributed by atoms with van der Waals surface area (Å²) in [5.74, 6) is 0.801. The van der Waals surface area contributed by atoms with Gasteiger partial charge in [0.1, 0.15) is 0 Å². The molecular formula is C16H28N2OS. The number of aliphatic hydroxyl groups excluding tert-OH is 1. The van der Waals surface area contributed by atoms with Crippen molar-refractivity contribution in [2.45, 2.75) is 60.0 Å². The van der Waals surface area contributed by atoms with Crippen molar-refractivity contribution in [1.82, 2.24) is 4.98 Å². The van der Waals surface area contributed by atoms with E-state index >= 15 is 0 Å². The maximum absolute atomic E-state index is 9.42. The second kappa shape index (κ2) is 6.44. The molecule has 4 heteroatoms. The van der Waals surface area contributed by atoms with Gasteiger partial charge in [0.15, 0.2) is 5.13 Å². The first kappa shape index (κ1) is 15.8. The fourth-order valence-corrected chi connectivity index (χ4v) is 4.12. The summed E-state index contributed by atoms with van der Waals surface area (Å²) in [4.78, 5) is 8.20. The third-order valence-electron chi connectivity index (χ3n) is 4.47. The lowest BCUT2D eigenvalue weighted by Crippen LogP contribution is -2.26. The van der Waals surface area contributed by atoms with Gasteiger partial charge >= 0.3 is 0 Å². The summed E-state index contributed by atoms with van der Waals surface area (Å²) >= 11 is 1.67. The average Bonchev–Trinajstić information content (AvgIpc) is 2.64. The molecular weight excluding hydrogens is 268 g/mol. The van der Waals surface area contributed by atoms with Crippen molar-refractivity contribution >= 4 is 16.5 Å². The fourth-order valence-electron chi connectivity index (χ4n) is 3.06. The first-order valence-corrected chi connectivity index (χ1v) is 8.61. The molecule has 1 N–H and O–H groups in total. The van der Waals surface area contributed by atoms with Crippen LogP contribution in [-0.4, -0.2) is 23.2 Å².